The number of anilines is 1. The summed E-state index contributed by atoms with van der Waals surface area (Å²) in [4.78, 5) is 32.5. The molecule has 1 N–H and O–H groups in total. The highest BCUT2D eigenvalue weighted by Gasteiger charge is 2.21. The van der Waals surface area contributed by atoms with Crippen molar-refractivity contribution < 1.29 is 13.2 Å². The molecule has 4 heterocycles. The average molecular weight is 585 g/mol. The quantitative estimate of drug-likeness (QED) is 0.291. The van der Waals surface area contributed by atoms with Crippen LogP contribution >= 0.6 is 22.9 Å². The number of halogens is 1. The van der Waals surface area contributed by atoms with Gasteiger partial charge in [0.1, 0.15) is 15.8 Å². The van der Waals surface area contributed by atoms with Crippen LogP contribution in [-0.4, -0.2) is 60.6 Å². The number of nitrogens with zero attached hydrogens (tertiary/aromatic N) is 3. The van der Waals surface area contributed by atoms with Crippen LogP contribution in [0.1, 0.15) is 24.8 Å². The SMILES string of the molecule is O=C(Cc1ccc(-n2ccc3cc(NCCN4CCCCC4)ccc3c2=O)nc1)CS(=O)(=O)c1ccc(Cl)s1. The molecule has 0 saturated carbocycles. The zero-order valence-corrected chi connectivity index (χ0v) is 23.7. The number of Topliss-reactive ketones (excluding diaryl/α,β-unsaturated/α-hetero) is 1. The number of benzene rings is 1. The van der Waals surface area contributed by atoms with Crippen molar-refractivity contribution in [2.24, 2.45) is 0 Å². The van der Waals surface area contributed by atoms with E-state index in [2.05, 4.69) is 15.2 Å². The minimum absolute atomic E-state index is 0.0744. The first-order chi connectivity index (χ1) is 18.8. The van der Waals surface area contributed by atoms with E-state index >= 15 is 0 Å². The van der Waals surface area contributed by atoms with Crippen molar-refractivity contribution in [1.82, 2.24) is 14.5 Å². The number of fused-ring (bicyclic) bond motifs is 1. The van der Waals surface area contributed by atoms with Gasteiger partial charge in [0.15, 0.2) is 15.6 Å². The number of pyridine rings is 2. The molecule has 0 radical (unpaired) electrons. The van der Waals surface area contributed by atoms with Crippen molar-refractivity contribution in [3.8, 4) is 5.82 Å². The van der Waals surface area contributed by atoms with E-state index in [4.69, 9.17) is 11.6 Å². The Kier molecular flexibility index (Phi) is 8.46. The van der Waals surface area contributed by atoms with E-state index in [0.717, 1.165) is 48.6 Å². The van der Waals surface area contributed by atoms with Gasteiger partial charge in [-0.15, -0.1) is 11.3 Å². The highest BCUT2D eigenvalue weighted by Crippen LogP contribution is 2.26. The third kappa shape index (κ3) is 6.75. The Balaban J connectivity index is 1.23. The molecular formula is C28H29ClN4O4S2. The van der Waals surface area contributed by atoms with Crippen LogP contribution in [0.2, 0.25) is 4.34 Å². The molecule has 1 aliphatic heterocycles. The third-order valence-corrected chi connectivity index (χ3v) is 10.3. The Morgan fingerprint density at radius 2 is 1.87 bits per heavy atom. The first-order valence-corrected chi connectivity index (χ1v) is 15.7. The van der Waals surface area contributed by atoms with Gasteiger partial charge in [0.05, 0.1) is 4.34 Å². The van der Waals surface area contributed by atoms with E-state index < -0.39 is 21.4 Å². The van der Waals surface area contributed by atoms with Gasteiger partial charge in [-0.25, -0.2) is 13.4 Å². The predicted octanol–water partition coefficient (Wildman–Crippen LogP) is 4.58. The second-order valence-electron chi connectivity index (χ2n) is 9.68. The summed E-state index contributed by atoms with van der Waals surface area (Å²) < 4.78 is 26.8. The normalized spacial score (nSPS) is 14.5. The van der Waals surface area contributed by atoms with E-state index in [9.17, 15) is 18.0 Å². The number of nitrogens with one attached hydrogen (secondary N) is 1. The van der Waals surface area contributed by atoms with Gasteiger partial charge in [-0.2, -0.15) is 0 Å². The molecule has 1 aliphatic rings. The molecule has 0 spiro atoms. The van der Waals surface area contributed by atoms with Crippen LogP contribution in [0.5, 0.6) is 0 Å². The standard InChI is InChI=1S/C28H29ClN4O4S2/c29-25-7-9-27(38-25)39(36,37)19-23(34)16-20-4-8-26(31-18-20)33-14-10-21-17-22(5-6-24(21)28(33)35)30-11-15-32-12-2-1-3-13-32/h4-10,14,17-18,30H,1-3,11-13,15-16,19H2. The minimum atomic E-state index is -3.74. The number of carbonyl (C=O) groups excluding carboxylic acids is 1. The molecule has 0 unspecified atom stereocenters. The number of thiophene rings is 1. The molecule has 5 rings (SSSR count). The number of hydrogen-bond acceptors (Lipinski definition) is 8. The lowest BCUT2D eigenvalue weighted by Crippen LogP contribution is -2.33. The lowest BCUT2D eigenvalue weighted by atomic mass is 10.1. The van der Waals surface area contributed by atoms with Crippen molar-refractivity contribution in [2.45, 2.75) is 29.9 Å². The van der Waals surface area contributed by atoms with Gasteiger partial charge < -0.3 is 10.2 Å². The van der Waals surface area contributed by atoms with Crippen molar-refractivity contribution in [3.63, 3.8) is 0 Å². The van der Waals surface area contributed by atoms with Crippen LogP contribution in [0.25, 0.3) is 16.6 Å². The summed E-state index contributed by atoms with van der Waals surface area (Å²) in [6.45, 7) is 4.19. The van der Waals surface area contributed by atoms with Crippen molar-refractivity contribution >= 4 is 55.0 Å². The monoisotopic (exact) mass is 584 g/mol. The summed E-state index contributed by atoms with van der Waals surface area (Å²) in [5.74, 6) is -0.634. The lowest BCUT2D eigenvalue weighted by Gasteiger charge is -2.26. The molecule has 0 aliphatic carbocycles. The first-order valence-electron chi connectivity index (χ1n) is 12.9. The van der Waals surface area contributed by atoms with E-state index in [1.165, 1.54) is 42.2 Å². The van der Waals surface area contributed by atoms with Crippen LogP contribution in [0.3, 0.4) is 0 Å². The number of carbonyl (C=O) groups is 1. The number of ketones is 1. The molecule has 4 aromatic rings. The van der Waals surface area contributed by atoms with Crippen molar-refractivity contribution in [3.05, 3.63) is 81.2 Å². The number of sulfone groups is 1. The molecule has 1 aromatic carbocycles. The lowest BCUT2D eigenvalue weighted by molar-refractivity contribution is -0.116. The summed E-state index contributed by atoms with van der Waals surface area (Å²) in [7, 11) is -3.74. The van der Waals surface area contributed by atoms with Crippen molar-refractivity contribution in [1.29, 1.82) is 0 Å². The second kappa shape index (κ2) is 12.0. The highest BCUT2D eigenvalue weighted by atomic mass is 35.5. The van der Waals surface area contributed by atoms with Crippen molar-refractivity contribution in [2.75, 3.05) is 37.2 Å². The van der Waals surface area contributed by atoms with Gasteiger partial charge in [0.25, 0.3) is 5.56 Å². The maximum absolute atomic E-state index is 13.2. The van der Waals surface area contributed by atoms with Gasteiger partial charge in [0.2, 0.25) is 0 Å². The number of piperidine rings is 1. The first kappa shape index (κ1) is 27.5. The summed E-state index contributed by atoms with van der Waals surface area (Å²) in [5, 5.41) is 4.89. The Morgan fingerprint density at radius 1 is 1.05 bits per heavy atom. The molecule has 3 aromatic heterocycles. The molecular weight excluding hydrogens is 556 g/mol. The van der Waals surface area contributed by atoms with Crippen LogP contribution < -0.4 is 10.9 Å². The Labute approximate surface area is 236 Å². The molecule has 0 amide bonds. The Morgan fingerprint density at radius 3 is 2.59 bits per heavy atom. The second-order valence-corrected chi connectivity index (χ2v) is 13.6. The molecule has 8 nitrogen and oxygen atoms in total. The average Bonchev–Trinajstić information content (AvgIpc) is 3.37. The smallest absolute Gasteiger partial charge is 0.264 e. The number of rotatable bonds is 10. The van der Waals surface area contributed by atoms with Crippen LogP contribution in [-0.2, 0) is 21.1 Å². The van der Waals surface area contributed by atoms with Crippen LogP contribution in [0.15, 0.2) is 69.9 Å². The minimum Gasteiger partial charge on any atom is -0.384 e. The van der Waals surface area contributed by atoms with Gasteiger partial charge in [-0.05, 0) is 79.3 Å². The fraction of sp³-hybridized carbons (Fsp3) is 0.321. The van der Waals surface area contributed by atoms with Gasteiger partial charge in [-0.3, -0.25) is 14.2 Å². The van der Waals surface area contributed by atoms with E-state index in [0.29, 0.717) is 21.1 Å². The largest absolute Gasteiger partial charge is 0.384 e. The molecule has 1 fully saturated rings. The number of likely N-dealkylation sites (tertiary alicyclic amines) is 1. The summed E-state index contributed by atoms with van der Waals surface area (Å²) in [5.41, 5.74) is 1.36. The maximum Gasteiger partial charge on any atom is 0.264 e. The van der Waals surface area contributed by atoms with Gasteiger partial charge >= 0.3 is 0 Å². The molecule has 11 heteroatoms. The summed E-state index contributed by atoms with van der Waals surface area (Å²) >= 11 is 6.75. The number of hydrogen-bond donors (Lipinski definition) is 1. The predicted molar refractivity (Wildman–Crippen MR) is 156 cm³/mol. The zero-order chi connectivity index (χ0) is 27.4. The summed E-state index contributed by atoms with van der Waals surface area (Å²) in [6.07, 6.45) is 6.97. The molecule has 0 atom stereocenters. The molecule has 39 heavy (non-hydrogen) atoms. The highest BCUT2D eigenvalue weighted by molar-refractivity contribution is 7.94. The zero-order valence-electron chi connectivity index (χ0n) is 21.3. The summed E-state index contributed by atoms with van der Waals surface area (Å²) in [6, 6.07) is 13.8. The topological polar surface area (TPSA) is 101 Å². The fourth-order valence-electron chi connectivity index (χ4n) is 4.77. The van der Waals surface area contributed by atoms with Crippen LogP contribution in [0, 0.1) is 0 Å². The molecule has 204 valence electrons. The van der Waals surface area contributed by atoms with E-state index in [1.807, 2.05) is 24.3 Å². The molecule has 0 bridgehead atoms. The Hall–Kier alpha value is -3.05. The van der Waals surface area contributed by atoms with Gasteiger partial charge in [0, 0.05) is 43.0 Å². The fourth-order valence-corrected chi connectivity index (χ4v) is 7.58. The Bertz CT molecular complexity index is 1640. The number of aromatic nitrogens is 2. The van der Waals surface area contributed by atoms with Gasteiger partial charge in [-0.1, -0.05) is 24.1 Å². The third-order valence-electron chi connectivity index (χ3n) is 6.77. The van der Waals surface area contributed by atoms with E-state index in [-0.39, 0.29) is 16.2 Å². The maximum atomic E-state index is 13.2. The van der Waals surface area contributed by atoms with E-state index in [1.54, 1.807) is 18.3 Å². The van der Waals surface area contributed by atoms with Crippen LogP contribution in [0.4, 0.5) is 5.69 Å². The molecule has 1 saturated heterocycles.